The van der Waals surface area contributed by atoms with Gasteiger partial charge in [-0.2, -0.15) is 13.2 Å². The van der Waals surface area contributed by atoms with Crippen molar-refractivity contribution < 1.29 is 13.2 Å². The summed E-state index contributed by atoms with van der Waals surface area (Å²) in [5, 5.41) is 3.44. The van der Waals surface area contributed by atoms with Crippen molar-refractivity contribution in [3.8, 4) is 0 Å². The van der Waals surface area contributed by atoms with Crippen LogP contribution in [0.1, 0.15) is 63.1 Å². The average Bonchev–Trinajstić information content (AvgIpc) is 2.63. The highest BCUT2D eigenvalue weighted by atomic mass is 19.4. The maximum Gasteiger partial charge on any atom is 0.416 e. The minimum Gasteiger partial charge on any atom is -0.307 e. The van der Waals surface area contributed by atoms with Crippen LogP contribution in [-0.2, 0) is 6.18 Å². The van der Waals surface area contributed by atoms with E-state index < -0.39 is 11.7 Å². The van der Waals surface area contributed by atoms with Gasteiger partial charge < -0.3 is 5.32 Å². The zero-order valence-electron chi connectivity index (χ0n) is 12.7. The third-order valence-corrected chi connectivity index (χ3v) is 4.56. The number of rotatable bonds is 3. The molecule has 21 heavy (non-hydrogen) atoms. The molecule has 1 aromatic rings. The summed E-state index contributed by atoms with van der Waals surface area (Å²) in [6, 6.07) is 5.91. The quantitative estimate of drug-likeness (QED) is 0.744. The normalized spacial score (nSPS) is 25.4. The van der Waals surface area contributed by atoms with E-state index in [1.165, 1.54) is 25.0 Å². The molecule has 1 aromatic carbocycles. The van der Waals surface area contributed by atoms with Crippen LogP contribution < -0.4 is 5.32 Å². The van der Waals surface area contributed by atoms with E-state index in [0.717, 1.165) is 19.3 Å². The highest BCUT2D eigenvalue weighted by Gasteiger charge is 2.34. The molecule has 0 saturated heterocycles. The number of alkyl halides is 3. The van der Waals surface area contributed by atoms with Crippen molar-refractivity contribution >= 4 is 0 Å². The van der Waals surface area contributed by atoms with Crippen LogP contribution in [-0.4, -0.2) is 6.04 Å². The topological polar surface area (TPSA) is 12.0 Å². The number of halogens is 3. The van der Waals surface area contributed by atoms with E-state index in [4.69, 9.17) is 0 Å². The summed E-state index contributed by atoms with van der Waals surface area (Å²) in [5.74, 6) is 0.521. The van der Waals surface area contributed by atoms with Gasteiger partial charge in [-0.15, -0.1) is 0 Å². The van der Waals surface area contributed by atoms with Crippen molar-refractivity contribution in [1.82, 2.24) is 5.32 Å². The van der Waals surface area contributed by atoms with Crippen LogP contribution in [0.4, 0.5) is 13.2 Å². The Kier molecular flexibility index (Phi) is 5.31. The van der Waals surface area contributed by atoms with E-state index in [9.17, 15) is 13.2 Å². The monoisotopic (exact) mass is 299 g/mol. The highest BCUT2D eigenvalue weighted by Crippen LogP contribution is 2.35. The SMILES string of the molecule is CC(NC1CCCCCC1C)c1ccccc1C(F)(F)F. The van der Waals surface area contributed by atoms with Crippen LogP contribution in [0.2, 0.25) is 0 Å². The van der Waals surface area contributed by atoms with Gasteiger partial charge in [0.2, 0.25) is 0 Å². The molecule has 1 aliphatic rings. The second-order valence-electron chi connectivity index (χ2n) is 6.20. The third-order valence-electron chi connectivity index (χ3n) is 4.56. The van der Waals surface area contributed by atoms with E-state index in [0.29, 0.717) is 17.5 Å². The summed E-state index contributed by atoms with van der Waals surface area (Å²) < 4.78 is 39.3. The summed E-state index contributed by atoms with van der Waals surface area (Å²) in [7, 11) is 0. The first-order chi connectivity index (χ1) is 9.89. The molecule has 0 aromatic heterocycles. The second-order valence-corrected chi connectivity index (χ2v) is 6.20. The third kappa shape index (κ3) is 4.22. The molecule has 1 N–H and O–H groups in total. The van der Waals surface area contributed by atoms with Crippen LogP contribution in [0.25, 0.3) is 0 Å². The molecule has 3 atom stereocenters. The van der Waals surface area contributed by atoms with Gasteiger partial charge in [0.1, 0.15) is 0 Å². The average molecular weight is 299 g/mol. The van der Waals surface area contributed by atoms with Crippen LogP contribution in [0.5, 0.6) is 0 Å². The van der Waals surface area contributed by atoms with Gasteiger partial charge in [0.25, 0.3) is 0 Å². The zero-order chi connectivity index (χ0) is 15.5. The Morgan fingerprint density at radius 3 is 2.48 bits per heavy atom. The smallest absolute Gasteiger partial charge is 0.307 e. The lowest BCUT2D eigenvalue weighted by Gasteiger charge is -2.28. The summed E-state index contributed by atoms with van der Waals surface area (Å²) in [5.41, 5.74) is -0.173. The van der Waals surface area contributed by atoms with Crippen molar-refractivity contribution in [2.24, 2.45) is 5.92 Å². The molecule has 0 radical (unpaired) electrons. The molecule has 1 saturated carbocycles. The Bertz CT molecular complexity index is 456. The summed E-state index contributed by atoms with van der Waals surface area (Å²) in [6.07, 6.45) is 1.55. The van der Waals surface area contributed by atoms with Gasteiger partial charge in [-0.05, 0) is 37.3 Å². The lowest BCUT2D eigenvalue weighted by Crippen LogP contribution is -2.36. The van der Waals surface area contributed by atoms with Crippen LogP contribution in [0, 0.1) is 5.92 Å². The predicted molar refractivity (Wildman–Crippen MR) is 79.0 cm³/mol. The van der Waals surface area contributed by atoms with Crippen molar-refractivity contribution in [1.29, 1.82) is 0 Å². The fourth-order valence-corrected chi connectivity index (χ4v) is 3.28. The van der Waals surface area contributed by atoms with Gasteiger partial charge in [0, 0.05) is 12.1 Å². The molecule has 1 nitrogen and oxygen atoms in total. The molecule has 1 fully saturated rings. The lowest BCUT2D eigenvalue weighted by molar-refractivity contribution is -0.138. The van der Waals surface area contributed by atoms with E-state index in [1.807, 2.05) is 6.92 Å². The Morgan fingerprint density at radius 1 is 1.10 bits per heavy atom. The number of benzene rings is 1. The minimum absolute atomic E-state index is 0.284. The molecular weight excluding hydrogens is 275 g/mol. The summed E-state index contributed by atoms with van der Waals surface area (Å²) in [4.78, 5) is 0. The second kappa shape index (κ2) is 6.82. The number of nitrogens with one attached hydrogen (secondary N) is 1. The highest BCUT2D eigenvalue weighted by molar-refractivity contribution is 5.32. The molecule has 0 bridgehead atoms. The van der Waals surface area contributed by atoms with Gasteiger partial charge in [-0.1, -0.05) is 44.4 Å². The first kappa shape index (κ1) is 16.3. The molecule has 4 heteroatoms. The van der Waals surface area contributed by atoms with Crippen molar-refractivity contribution in [3.05, 3.63) is 35.4 Å². The first-order valence-electron chi connectivity index (χ1n) is 7.81. The maximum absolute atomic E-state index is 13.1. The Balaban J connectivity index is 2.14. The summed E-state index contributed by atoms with van der Waals surface area (Å²) >= 11 is 0. The molecule has 3 unspecified atom stereocenters. The Labute approximate surface area is 124 Å². The van der Waals surface area contributed by atoms with E-state index in [-0.39, 0.29) is 6.04 Å². The lowest BCUT2D eigenvalue weighted by atomic mass is 9.94. The van der Waals surface area contributed by atoms with E-state index in [2.05, 4.69) is 12.2 Å². The number of hydrogen-bond acceptors (Lipinski definition) is 1. The molecule has 0 heterocycles. The van der Waals surface area contributed by atoms with Crippen LogP contribution in [0.3, 0.4) is 0 Å². The molecule has 0 amide bonds. The predicted octanol–water partition coefficient (Wildman–Crippen LogP) is 5.32. The number of hydrogen-bond donors (Lipinski definition) is 1. The molecule has 0 spiro atoms. The van der Waals surface area contributed by atoms with E-state index >= 15 is 0 Å². The van der Waals surface area contributed by atoms with Gasteiger partial charge in [0.05, 0.1) is 5.56 Å². The molecule has 118 valence electrons. The fourth-order valence-electron chi connectivity index (χ4n) is 3.28. The molecular formula is C17H24F3N. The van der Waals surface area contributed by atoms with Gasteiger partial charge in [0.15, 0.2) is 0 Å². The van der Waals surface area contributed by atoms with Crippen LogP contribution in [0.15, 0.2) is 24.3 Å². The van der Waals surface area contributed by atoms with Crippen molar-refractivity contribution in [3.63, 3.8) is 0 Å². The molecule has 0 aliphatic heterocycles. The van der Waals surface area contributed by atoms with Gasteiger partial charge >= 0.3 is 6.18 Å². The van der Waals surface area contributed by atoms with E-state index in [1.54, 1.807) is 12.1 Å². The van der Waals surface area contributed by atoms with Crippen molar-refractivity contribution in [2.75, 3.05) is 0 Å². The fraction of sp³-hybridized carbons (Fsp3) is 0.647. The minimum atomic E-state index is -4.29. The largest absolute Gasteiger partial charge is 0.416 e. The van der Waals surface area contributed by atoms with Crippen LogP contribution >= 0.6 is 0 Å². The molecule has 1 aliphatic carbocycles. The standard InChI is InChI=1S/C17H24F3N/c1-12-8-4-3-5-11-16(12)21-13(2)14-9-6-7-10-15(14)17(18,19)20/h6-7,9-10,12-13,16,21H,3-5,8,11H2,1-2H3. The Hall–Kier alpha value is -1.03. The van der Waals surface area contributed by atoms with Gasteiger partial charge in [-0.3, -0.25) is 0 Å². The first-order valence-corrected chi connectivity index (χ1v) is 7.81. The zero-order valence-corrected chi connectivity index (χ0v) is 12.7. The molecule has 2 rings (SSSR count). The maximum atomic E-state index is 13.1. The van der Waals surface area contributed by atoms with Gasteiger partial charge in [-0.25, -0.2) is 0 Å². The van der Waals surface area contributed by atoms with Crippen molar-refractivity contribution in [2.45, 2.75) is 64.2 Å². The summed E-state index contributed by atoms with van der Waals surface area (Å²) in [6.45, 7) is 4.04. The Morgan fingerprint density at radius 2 is 1.76 bits per heavy atom.